The van der Waals surface area contributed by atoms with Crippen LogP contribution in [0.3, 0.4) is 0 Å². The number of amides is 1. The molecule has 0 bridgehead atoms. The van der Waals surface area contributed by atoms with Crippen LogP contribution < -0.4 is 5.32 Å². The standard InChI is InChI=1S/C14H27NO4/c1-10(2)7-6-8-18-13(16)12(5)15-14(17)19-9-11(3)4/h10-12H,6-9H2,1-5H3,(H,15,17). The van der Waals surface area contributed by atoms with Crippen LogP contribution in [-0.4, -0.2) is 31.3 Å². The summed E-state index contributed by atoms with van der Waals surface area (Å²) >= 11 is 0. The molecule has 0 aliphatic carbocycles. The van der Waals surface area contributed by atoms with Crippen molar-refractivity contribution in [1.29, 1.82) is 0 Å². The van der Waals surface area contributed by atoms with E-state index in [0.717, 1.165) is 12.8 Å². The molecule has 0 aliphatic heterocycles. The summed E-state index contributed by atoms with van der Waals surface area (Å²) in [6, 6.07) is -0.682. The van der Waals surface area contributed by atoms with Gasteiger partial charge in [0, 0.05) is 0 Å². The SMILES string of the molecule is CC(C)CCCOC(=O)C(C)NC(=O)OCC(C)C. The maximum Gasteiger partial charge on any atom is 0.407 e. The number of ether oxygens (including phenoxy) is 2. The highest BCUT2D eigenvalue weighted by Gasteiger charge is 2.17. The third kappa shape index (κ3) is 10.4. The Hall–Kier alpha value is -1.26. The molecule has 5 heteroatoms. The number of carbonyl (C=O) groups excluding carboxylic acids is 2. The molecule has 0 aromatic heterocycles. The number of rotatable bonds is 8. The highest BCUT2D eigenvalue weighted by Crippen LogP contribution is 2.03. The predicted octanol–water partition coefficient (Wildman–Crippen LogP) is 2.74. The minimum atomic E-state index is -0.682. The first-order valence-electron chi connectivity index (χ1n) is 6.92. The lowest BCUT2D eigenvalue weighted by atomic mass is 10.1. The maximum absolute atomic E-state index is 11.6. The van der Waals surface area contributed by atoms with Crippen LogP contribution in [0.5, 0.6) is 0 Å². The summed E-state index contributed by atoms with van der Waals surface area (Å²) in [5.41, 5.74) is 0. The van der Waals surface area contributed by atoms with E-state index in [0.29, 0.717) is 19.1 Å². The largest absolute Gasteiger partial charge is 0.464 e. The molecule has 0 fully saturated rings. The quantitative estimate of drug-likeness (QED) is 0.545. The summed E-state index contributed by atoms with van der Waals surface area (Å²) in [6.45, 7) is 10.4. The third-order valence-electron chi connectivity index (χ3n) is 2.41. The second kappa shape index (κ2) is 9.64. The first kappa shape index (κ1) is 17.7. The van der Waals surface area contributed by atoms with Crippen molar-refractivity contribution in [3.05, 3.63) is 0 Å². The van der Waals surface area contributed by atoms with Crippen LogP contribution in [0, 0.1) is 11.8 Å². The summed E-state index contributed by atoms with van der Waals surface area (Å²) in [6.07, 6.45) is 1.28. The Bertz CT molecular complexity index is 277. The molecular weight excluding hydrogens is 246 g/mol. The third-order valence-corrected chi connectivity index (χ3v) is 2.41. The highest BCUT2D eigenvalue weighted by molar-refractivity contribution is 5.80. The molecule has 1 N–H and O–H groups in total. The number of alkyl carbamates (subject to hydrolysis) is 1. The molecule has 1 amide bonds. The maximum atomic E-state index is 11.6. The average Bonchev–Trinajstić information content (AvgIpc) is 2.31. The zero-order valence-corrected chi connectivity index (χ0v) is 12.7. The van der Waals surface area contributed by atoms with Crippen molar-refractivity contribution in [2.45, 2.75) is 53.5 Å². The number of nitrogens with one attached hydrogen (secondary N) is 1. The topological polar surface area (TPSA) is 64.6 Å². The lowest BCUT2D eigenvalue weighted by molar-refractivity contribution is -0.145. The van der Waals surface area contributed by atoms with Gasteiger partial charge in [-0.25, -0.2) is 9.59 Å². The Morgan fingerprint density at radius 3 is 2.16 bits per heavy atom. The minimum Gasteiger partial charge on any atom is -0.464 e. The number of carbonyl (C=O) groups is 2. The van der Waals surface area contributed by atoms with Gasteiger partial charge in [-0.3, -0.25) is 0 Å². The number of hydrogen-bond acceptors (Lipinski definition) is 4. The van der Waals surface area contributed by atoms with Crippen molar-refractivity contribution in [2.75, 3.05) is 13.2 Å². The zero-order valence-electron chi connectivity index (χ0n) is 12.7. The van der Waals surface area contributed by atoms with Crippen molar-refractivity contribution in [3.63, 3.8) is 0 Å². The molecule has 0 radical (unpaired) electrons. The van der Waals surface area contributed by atoms with Crippen LogP contribution in [-0.2, 0) is 14.3 Å². The molecule has 0 aromatic carbocycles. The highest BCUT2D eigenvalue weighted by atomic mass is 16.6. The second-order valence-electron chi connectivity index (χ2n) is 5.56. The molecule has 5 nitrogen and oxygen atoms in total. The summed E-state index contributed by atoms with van der Waals surface area (Å²) in [4.78, 5) is 22.9. The first-order valence-corrected chi connectivity index (χ1v) is 6.92. The Kier molecular flexibility index (Phi) is 9.00. The van der Waals surface area contributed by atoms with Gasteiger partial charge in [-0.05, 0) is 31.6 Å². The fraction of sp³-hybridized carbons (Fsp3) is 0.857. The van der Waals surface area contributed by atoms with Gasteiger partial charge >= 0.3 is 12.1 Å². The van der Waals surface area contributed by atoms with Gasteiger partial charge in [-0.1, -0.05) is 27.7 Å². The molecule has 0 rings (SSSR count). The van der Waals surface area contributed by atoms with Gasteiger partial charge in [0.05, 0.1) is 13.2 Å². The second-order valence-corrected chi connectivity index (χ2v) is 5.56. The van der Waals surface area contributed by atoms with Crippen LogP contribution in [0.4, 0.5) is 4.79 Å². The molecular formula is C14H27NO4. The van der Waals surface area contributed by atoms with Crippen LogP contribution in [0.15, 0.2) is 0 Å². The van der Waals surface area contributed by atoms with Gasteiger partial charge in [-0.2, -0.15) is 0 Å². The van der Waals surface area contributed by atoms with Crippen molar-refractivity contribution in [2.24, 2.45) is 11.8 Å². The zero-order chi connectivity index (χ0) is 14.8. The molecule has 0 heterocycles. The fourth-order valence-electron chi connectivity index (χ4n) is 1.31. The van der Waals surface area contributed by atoms with E-state index in [9.17, 15) is 9.59 Å². The Morgan fingerprint density at radius 2 is 1.63 bits per heavy atom. The van der Waals surface area contributed by atoms with Crippen LogP contribution in [0.1, 0.15) is 47.5 Å². The molecule has 1 atom stereocenters. The smallest absolute Gasteiger partial charge is 0.407 e. The van der Waals surface area contributed by atoms with Gasteiger partial charge in [0.2, 0.25) is 0 Å². The molecule has 112 valence electrons. The molecule has 0 aliphatic rings. The normalized spacial score (nSPS) is 12.4. The molecule has 19 heavy (non-hydrogen) atoms. The molecule has 0 saturated carbocycles. The van der Waals surface area contributed by atoms with E-state index in [-0.39, 0.29) is 5.92 Å². The summed E-state index contributed by atoms with van der Waals surface area (Å²) in [5.74, 6) is 0.439. The molecule has 0 saturated heterocycles. The van der Waals surface area contributed by atoms with E-state index in [1.54, 1.807) is 6.92 Å². The van der Waals surface area contributed by atoms with E-state index >= 15 is 0 Å². The Labute approximate surface area is 116 Å². The van der Waals surface area contributed by atoms with E-state index in [1.165, 1.54) is 0 Å². The lowest BCUT2D eigenvalue weighted by Gasteiger charge is -2.14. The van der Waals surface area contributed by atoms with Crippen molar-refractivity contribution in [1.82, 2.24) is 5.32 Å². The van der Waals surface area contributed by atoms with Gasteiger partial charge < -0.3 is 14.8 Å². The van der Waals surface area contributed by atoms with E-state index in [2.05, 4.69) is 19.2 Å². The average molecular weight is 273 g/mol. The van der Waals surface area contributed by atoms with Crippen LogP contribution >= 0.6 is 0 Å². The van der Waals surface area contributed by atoms with Crippen molar-refractivity contribution in [3.8, 4) is 0 Å². The number of esters is 1. The first-order chi connectivity index (χ1) is 8.82. The van der Waals surface area contributed by atoms with E-state index in [1.807, 2.05) is 13.8 Å². The molecule has 0 spiro atoms. The molecule has 0 aromatic rings. The van der Waals surface area contributed by atoms with Crippen LogP contribution in [0.2, 0.25) is 0 Å². The van der Waals surface area contributed by atoms with Crippen LogP contribution in [0.25, 0.3) is 0 Å². The van der Waals surface area contributed by atoms with Gasteiger partial charge in [0.1, 0.15) is 6.04 Å². The Balaban J connectivity index is 3.77. The molecule has 1 unspecified atom stereocenters. The minimum absolute atomic E-state index is 0.268. The Morgan fingerprint density at radius 1 is 1.00 bits per heavy atom. The fourth-order valence-corrected chi connectivity index (χ4v) is 1.31. The monoisotopic (exact) mass is 273 g/mol. The van der Waals surface area contributed by atoms with Crippen molar-refractivity contribution >= 4 is 12.1 Å². The van der Waals surface area contributed by atoms with E-state index < -0.39 is 18.1 Å². The van der Waals surface area contributed by atoms with Gasteiger partial charge in [-0.15, -0.1) is 0 Å². The lowest BCUT2D eigenvalue weighted by Crippen LogP contribution is -2.40. The van der Waals surface area contributed by atoms with Gasteiger partial charge in [0.25, 0.3) is 0 Å². The summed E-state index contributed by atoms with van der Waals surface area (Å²) < 4.78 is 10.00. The summed E-state index contributed by atoms with van der Waals surface area (Å²) in [5, 5.41) is 2.45. The number of hydrogen-bond donors (Lipinski definition) is 1. The summed E-state index contributed by atoms with van der Waals surface area (Å²) in [7, 11) is 0. The van der Waals surface area contributed by atoms with Gasteiger partial charge in [0.15, 0.2) is 0 Å². The van der Waals surface area contributed by atoms with Crippen molar-refractivity contribution < 1.29 is 19.1 Å². The van der Waals surface area contributed by atoms with E-state index in [4.69, 9.17) is 9.47 Å². The predicted molar refractivity (Wildman–Crippen MR) is 73.8 cm³/mol.